The second-order valence-electron chi connectivity index (χ2n) is 8.74. The molecular formula is C27H26N4. The molecule has 0 spiro atoms. The summed E-state index contributed by atoms with van der Waals surface area (Å²) < 4.78 is 0. The van der Waals surface area contributed by atoms with E-state index in [2.05, 4.69) is 70.8 Å². The summed E-state index contributed by atoms with van der Waals surface area (Å²) in [7, 11) is 0. The minimum absolute atomic E-state index is 0.590. The second-order valence-corrected chi connectivity index (χ2v) is 8.74. The van der Waals surface area contributed by atoms with E-state index >= 15 is 0 Å². The molecule has 1 aliphatic heterocycles. The number of aromatic amines is 1. The highest BCUT2D eigenvalue weighted by molar-refractivity contribution is 5.95. The molecule has 4 heteroatoms. The number of rotatable bonds is 3. The van der Waals surface area contributed by atoms with Crippen LogP contribution in [-0.4, -0.2) is 27.0 Å². The van der Waals surface area contributed by atoms with Gasteiger partial charge < -0.3 is 4.98 Å². The Kier molecular flexibility index (Phi) is 5.08. The number of pyridine rings is 1. The molecule has 154 valence electrons. The predicted octanol–water partition coefficient (Wildman–Crippen LogP) is 6.08. The maximum atomic E-state index is 9.33. The average molecular weight is 407 g/mol. The number of H-pyrrole nitrogens is 1. The van der Waals surface area contributed by atoms with Crippen molar-refractivity contribution in [3.05, 3.63) is 70.7 Å². The third kappa shape index (κ3) is 3.75. The van der Waals surface area contributed by atoms with E-state index in [-0.39, 0.29) is 0 Å². The van der Waals surface area contributed by atoms with Gasteiger partial charge in [-0.15, -0.1) is 5.73 Å². The zero-order valence-electron chi connectivity index (χ0n) is 18.0. The number of nitrogens with zero attached hydrogens (tertiary/aromatic N) is 3. The van der Waals surface area contributed by atoms with Gasteiger partial charge in [0.1, 0.15) is 5.65 Å². The number of allylic oxidation sites excluding steroid dienone is 2. The average Bonchev–Trinajstić information content (AvgIpc) is 2.98. The number of aromatic nitrogens is 2. The number of fused-ring (bicyclic) bond motifs is 3. The molecule has 2 aromatic heterocycles. The van der Waals surface area contributed by atoms with Crippen molar-refractivity contribution in [3.63, 3.8) is 0 Å². The first-order chi connectivity index (χ1) is 15.1. The van der Waals surface area contributed by atoms with Gasteiger partial charge in [0.05, 0.1) is 17.3 Å². The number of nitriles is 1. The van der Waals surface area contributed by atoms with Crippen molar-refractivity contribution >= 4 is 23.2 Å². The van der Waals surface area contributed by atoms with E-state index < -0.39 is 0 Å². The van der Waals surface area contributed by atoms with Crippen LogP contribution in [0.3, 0.4) is 0 Å². The zero-order valence-corrected chi connectivity index (χ0v) is 18.0. The molecule has 5 rings (SSSR count). The second kappa shape index (κ2) is 8.04. The predicted molar refractivity (Wildman–Crippen MR) is 126 cm³/mol. The molecular weight excluding hydrogens is 380 g/mol. The summed E-state index contributed by atoms with van der Waals surface area (Å²) in [5.41, 5.74) is 9.98. The van der Waals surface area contributed by atoms with Crippen LogP contribution in [0, 0.1) is 11.3 Å². The topological polar surface area (TPSA) is 55.7 Å². The highest BCUT2D eigenvalue weighted by Crippen LogP contribution is 2.31. The molecule has 1 aliphatic carbocycles. The number of likely N-dealkylation sites (tertiary alicyclic amines) is 1. The Morgan fingerprint density at radius 1 is 1.13 bits per heavy atom. The van der Waals surface area contributed by atoms with E-state index in [1.54, 1.807) is 6.08 Å². The Balaban J connectivity index is 1.44. The highest BCUT2D eigenvalue weighted by atomic mass is 15.2. The van der Waals surface area contributed by atoms with Crippen molar-refractivity contribution in [1.82, 2.24) is 14.9 Å². The molecule has 2 atom stereocenters. The van der Waals surface area contributed by atoms with Gasteiger partial charge in [0.25, 0.3) is 0 Å². The normalized spacial score (nSPS) is 20.9. The fourth-order valence-corrected chi connectivity index (χ4v) is 4.81. The molecule has 31 heavy (non-hydrogen) atoms. The third-order valence-corrected chi connectivity index (χ3v) is 6.65. The van der Waals surface area contributed by atoms with Crippen molar-refractivity contribution < 1.29 is 0 Å². The van der Waals surface area contributed by atoms with Crippen molar-refractivity contribution in [2.45, 2.75) is 51.7 Å². The first-order valence-electron chi connectivity index (χ1n) is 11.0. The molecule has 0 amide bonds. The lowest BCUT2D eigenvalue weighted by Gasteiger charge is -2.39. The SMILES string of the molecule is C[C@@H]1CCC[C@H](C)N1Cc1ccc(-c2cnc3[nH]c4c(c3c2)C=C(C#N)C=C=C4)cc1. The molecule has 0 bridgehead atoms. The number of hydrogen-bond donors (Lipinski definition) is 1. The van der Waals surface area contributed by atoms with Crippen LogP contribution in [0.1, 0.15) is 49.9 Å². The van der Waals surface area contributed by atoms with Crippen LogP contribution >= 0.6 is 0 Å². The van der Waals surface area contributed by atoms with E-state index in [0.29, 0.717) is 17.7 Å². The summed E-state index contributed by atoms with van der Waals surface area (Å²) in [6.07, 6.45) is 11.3. The molecule has 2 aliphatic rings. The van der Waals surface area contributed by atoms with Gasteiger partial charge in [-0.3, -0.25) is 4.90 Å². The molecule has 3 aromatic rings. The fraction of sp³-hybridized carbons (Fsp3) is 0.296. The van der Waals surface area contributed by atoms with Crippen molar-refractivity contribution in [2.75, 3.05) is 0 Å². The van der Waals surface area contributed by atoms with Crippen LogP contribution in [0.5, 0.6) is 0 Å². The van der Waals surface area contributed by atoms with Gasteiger partial charge in [0, 0.05) is 47.4 Å². The van der Waals surface area contributed by atoms with Gasteiger partial charge in [-0.25, -0.2) is 4.98 Å². The van der Waals surface area contributed by atoms with Gasteiger partial charge in [0.2, 0.25) is 0 Å². The molecule has 1 fully saturated rings. The summed E-state index contributed by atoms with van der Waals surface area (Å²) in [5, 5.41) is 10.3. The first-order valence-corrected chi connectivity index (χ1v) is 11.0. The van der Waals surface area contributed by atoms with E-state index in [1.807, 2.05) is 18.3 Å². The molecule has 0 unspecified atom stereocenters. The summed E-state index contributed by atoms with van der Waals surface area (Å²) in [5.74, 6) is 0. The van der Waals surface area contributed by atoms with E-state index in [0.717, 1.165) is 40.0 Å². The molecule has 1 saturated heterocycles. The van der Waals surface area contributed by atoms with Crippen molar-refractivity contribution in [3.8, 4) is 17.2 Å². The maximum Gasteiger partial charge on any atom is 0.138 e. The van der Waals surface area contributed by atoms with Gasteiger partial charge in [0.15, 0.2) is 0 Å². The summed E-state index contributed by atoms with van der Waals surface area (Å²) in [4.78, 5) is 10.6. The quantitative estimate of drug-likeness (QED) is 0.536. The van der Waals surface area contributed by atoms with Gasteiger partial charge in [-0.05, 0) is 56.0 Å². The Morgan fingerprint density at radius 2 is 1.90 bits per heavy atom. The molecule has 1 N–H and O–H groups in total. The summed E-state index contributed by atoms with van der Waals surface area (Å²) in [6.45, 7) is 5.70. The van der Waals surface area contributed by atoms with Crippen LogP contribution in [-0.2, 0) is 6.54 Å². The zero-order chi connectivity index (χ0) is 21.4. The largest absolute Gasteiger partial charge is 0.339 e. The molecule has 4 nitrogen and oxygen atoms in total. The molecule has 1 aromatic carbocycles. The summed E-state index contributed by atoms with van der Waals surface area (Å²) >= 11 is 0. The van der Waals surface area contributed by atoms with E-state index in [9.17, 15) is 5.26 Å². The van der Waals surface area contributed by atoms with Gasteiger partial charge in [-0.2, -0.15) is 5.26 Å². The minimum atomic E-state index is 0.590. The van der Waals surface area contributed by atoms with Crippen molar-refractivity contribution in [1.29, 1.82) is 5.26 Å². The van der Waals surface area contributed by atoms with Gasteiger partial charge in [-0.1, -0.05) is 30.7 Å². The minimum Gasteiger partial charge on any atom is -0.339 e. The Morgan fingerprint density at radius 3 is 2.65 bits per heavy atom. The lowest BCUT2D eigenvalue weighted by molar-refractivity contribution is 0.0953. The van der Waals surface area contributed by atoms with Crippen LogP contribution in [0.15, 0.2) is 53.9 Å². The lowest BCUT2D eigenvalue weighted by atomic mass is 9.96. The fourth-order valence-electron chi connectivity index (χ4n) is 4.81. The van der Waals surface area contributed by atoms with E-state index in [4.69, 9.17) is 0 Å². The smallest absolute Gasteiger partial charge is 0.138 e. The molecule has 0 radical (unpaired) electrons. The molecule has 3 heterocycles. The van der Waals surface area contributed by atoms with Crippen LogP contribution in [0.25, 0.3) is 34.3 Å². The Bertz CT molecular complexity index is 1250. The third-order valence-electron chi connectivity index (χ3n) is 6.65. The summed E-state index contributed by atoms with van der Waals surface area (Å²) in [6, 6.07) is 14.5. The standard InChI is InChI=1S/C27H26N4/c1-18-5-3-6-19(2)31(18)17-20-9-11-22(12-10-20)23-14-25-24-13-21(15-28)7-4-8-26(24)30-27(25)29-16-23/h7-14,16,18-19H,3,5-6,17H2,1-2H3,(H,29,30)/t18-,19+. The monoisotopic (exact) mass is 406 g/mol. The number of benzene rings is 1. The lowest BCUT2D eigenvalue weighted by Crippen LogP contribution is -2.42. The van der Waals surface area contributed by atoms with Gasteiger partial charge >= 0.3 is 0 Å². The van der Waals surface area contributed by atoms with Crippen LogP contribution in [0.2, 0.25) is 0 Å². The number of piperidine rings is 1. The molecule has 0 saturated carbocycles. The van der Waals surface area contributed by atoms with Crippen LogP contribution in [0.4, 0.5) is 0 Å². The Hall–Kier alpha value is -3.38. The van der Waals surface area contributed by atoms with Crippen molar-refractivity contribution in [2.24, 2.45) is 0 Å². The first kappa shape index (κ1) is 19.6. The highest BCUT2D eigenvalue weighted by Gasteiger charge is 2.24. The van der Waals surface area contributed by atoms with Crippen LogP contribution < -0.4 is 0 Å². The number of nitrogens with one attached hydrogen (secondary N) is 1. The van der Waals surface area contributed by atoms with E-state index in [1.165, 1.54) is 24.8 Å². The maximum absolute atomic E-state index is 9.33. The Labute approximate surface area is 183 Å². The number of hydrogen-bond acceptors (Lipinski definition) is 3.